The summed E-state index contributed by atoms with van der Waals surface area (Å²) < 4.78 is 7.64. The molecule has 0 saturated heterocycles. The average Bonchev–Trinajstić information content (AvgIpc) is 3.40. The van der Waals surface area contributed by atoms with Crippen molar-refractivity contribution in [3.8, 4) is 5.75 Å². The molecule has 158 valence electrons. The molecule has 4 aromatic rings. The Hall–Kier alpha value is -3.45. The highest BCUT2D eigenvalue weighted by Gasteiger charge is 2.13. The smallest absolute Gasteiger partial charge is 0.268 e. The summed E-state index contributed by atoms with van der Waals surface area (Å²) in [6.07, 6.45) is 1.62. The fourth-order valence-corrected chi connectivity index (χ4v) is 3.86. The number of carbonyl (C=O) groups is 1. The van der Waals surface area contributed by atoms with E-state index < -0.39 is 0 Å². The SMILES string of the molecule is Cc1ccc(Cn2cnc(NC(=O)c3cc(COc4cc(C)ccc4C)cs3)n2)cc1. The Morgan fingerprint density at radius 1 is 1.03 bits per heavy atom. The van der Waals surface area contributed by atoms with Crippen LogP contribution in [0.15, 0.2) is 60.2 Å². The maximum atomic E-state index is 12.6. The molecule has 0 radical (unpaired) electrons. The minimum absolute atomic E-state index is 0.226. The quantitative estimate of drug-likeness (QED) is 0.439. The van der Waals surface area contributed by atoms with Gasteiger partial charge in [-0.05, 0) is 55.0 Å². The van der Waals surface area contributed by atoms with Crippen LogP contribution in [0.1, 0.15) is 37.5 Å². The predicted octanol–water partition coefficient (Wildman–Crippen LogP) is 5.14. The van der Waals surface area contributed by atoms with Crippen molar-refractivity contribution in [2.75, 3.05) is 5.32 Å². The van der Waals surface area contributed by atoms with E-state index in [4.69, 9.17) is 4.74 Å². The van der Waals surface area contributed by atoms with Crippen LogP contribution in [0.3, 0.4) is 0 Å². The molecule has 1 N–H and O–H groups in total. The molecule has 2 aromatic carbocycles. The summed E-state index contributed by atoms with van der Waals surface area (Å²) >= 11 is 1.38. The highest BCUT2D eigenvalue weighted by Crippen LogP contribution is 2.22. The van der Waals surface area contributed by atoms with E-state index in [0.29, 0.717) is 24.0 Å². The Balaban J connectivity index is 1.34. The molecule has 0 aliphatic heterocycles. The number of rotatable bonds is 7. The number of nitrogens with zero attached hydrogens (tertiary/aromatic N) is 3. The first-order chi connectivity index (χ1) is 15.0. The number of thiophene rings is 1. The summed E-state index contributed by atoms with van der Waals surface area (Å²) in [5, 5.41) is 9.05. The summed E-state index contributed by atoms with van der Waals surface area (Å²) in [4.78, 5) is 17.4. The zero-order chi connectivity index (χ0) is 21.8. The van der Waals surface area contributed by atoms with Crippen molar-refractivity contribution in [1.82, 2.24) is 14.8 Å². The third-order valence-corrected chi connectivity index (χ3v) is 5.82. The summed E-state index contributed by atoms with van der Waals surface area (Å²) in [5.41, 5.74) is 5.53. The standard InChI is InChI=1S/C24H24N4O2S/c1-16-5-8-19(9-6-16)12-28-15-25-24(27-28)26-23(29)22-11-20(14-31-22)13-30-21-10-17(2)4-7-18(21)3/h4-11,14-15H,12-13H2,1-3H3,(H,26,27,29). The molecule has 4 rings (SSSR count). The van der Waals surface area contributed by atoms with Crippen molar-refractivity contribution < 1.29 is 9.53 Å². The van der Waals surface area contributed by atoms with Crippen LogP contribution in [0.5, 0.6) is 5.75 Å². The summed E-state index contributed by atoms with van der Waals surface area (Å²) in [6, 6.07) is 16.2. The highest BCUT2D eigenvalue weighted by molar-refractivity contribution is 7.12. The van der Waals surface area contributed by atoms with E-state index in [1.807, 2.05) is 37.4 Å². The Morgan fingerprint density at radius 3 is 2.61 bits per heavy atom. The van der Waals surface area contributed by atoms with Gasteiger partial charge in [0.25, 0.3) is 5.91 Å². The monoisotopic (exact) mass is 432 g/mol. The van der Waals surface area contributed by atoms with Crippen molar-refractivity contribution in [2.45, 2.75) is 33.9 Å². The number of ether oxygens (including phenoxy) is 1. The first-order valence-electron chi connectivity index (χ1n) is 10.00. The average molecular weight is 433 g/mol. The Bertz CT molecular complexity index is 1190. The number of nitrogens with one attached hydrogen (secondary N) is 1. The minimum atomic E-state index is -0.226. The number of hydrogen-bond acceptors (Lipinski definition) is 5. The van der Waals surface area contributed by atoms with E-state index in [1.54, 1.807) is 11.0 Å². The third-order valence-electron chi connectivity index (χ3n) is 4.84. The Labute approximate surface area is 185 Å². The molecule has 0 spiro atoms. The van der Waals surface area contributed by atoms with E-state index in [-0.39, 0.29) is 5.91 Å². The van der Waals surface area contributed by atoms with Gasteiger partial charge in [0, 0.05) is 5.56 Å². The summed E-state index contributed by atoms with van der Waals surface area (Å²) in [6.45, 7) is 7.12. The highest BCUT2D eigenvalue weighted by atomic mass is 32.1. The Kier molecular flexibility index (Phi) is 6.13. The molecule has 0 aliphatic carbocycles. The van der Waals surface area contributed by atoms with Gasteiger partial charge >= 0.3 is 0 Å². The normalized spacial score (nSPS) is 10.8. The molecule has 0 unspecified atom stereocenters. The molecule has 0 atom stereocenters. The molecule has 0 bridgehead atoms. The van der Waals surface area contributed by atoms with Gasteiger partial charge in [-0.25, -0.2) is 9.67 Å². The largest absolute Gasteiger partial charge is 0.489 e. The zero-order valence-electron chi connectivity index (χ0n) is 17.8. The van der Waals surface area contributed by atoms with E-state index in [9.17, 15) is 4.79 Å². The second-order valence-corrected chi connectivity index (χ2v) is 8.49. The number of hydrogen-bond donors (Lipinski definition) is 1. The summed E-state index contributed by atoms with van der Waals surface area (Å²) in [7, 11) is 0. The molecular formula is C24H24N4O2S. The van der Waals surface area contributed by atoms with Gasteiger partial charge in [-0.2, -0.15) is 0 Å². The topological polar surface area (TPSA) is 69.0 Å². The van der Waals surface area contributed by atoms with Gasteiger partial charge in [0.2, 0.25) is 5.95 Å². The fraction of sp³-hybridized carbons (Fsp3) is 0.208. The van der Waals surface area contributed by atoms with Crippen LogP contribution >= 0.6 is 11.3 Å². The molecule has 1 amide bonds. The molecule has 31 heavy (non-hydrogen) atoms. The van der Waals surface area contributed by atoms with Crippen molar-refractivity contribution in [3.05, 3.63) is 92.9 Å². The lowest BCUT2D eigenvalue weighted by Crippen LogP contribution is -2.12. The number of benzene rings is 2. The molecule has 7 heteroatoms. The van der Waals surface area contributed by atoms with Gasteiger partial charge in [0.1, 0.15) is 18.7 Å². The number of aromatic nitrogens is 3. The summed E-state index contributed by atoms with van der Waals surface area (Å²) in [5.74, 6) is 0.926. The van der Waals surface area contributed by atoms with E-state index in [2.05, 4.69) is 52.7 Å². The van der Waals surface area contributed by atoms with Gasteiger partial charge in [0.05, 0.1) is 11.4 Å². The molecular weight excluding hydrogens is 408 g/mol. The molecule has 6 nitrogen and oxygen atoms in total. The van der Waals surface area contributed by atoms with Crippen molar-refractivity contribution in [2.24, 2.45) is 0 Å². The molecule has 0 saturated carbocycles. The second kappa shape index (κ2) is 9.14. The number of anilines is 1. The second-order valence-electron chi connectivity index (χ2n) is 7.58. The fourth-order valence-electron chi connectivity index (χ4n) is 3.07. The minimum Gasteiger partial charge on any atom is -0.489 e. The van der Waals surface area contributed by atoms with Crippen molar-refractivity contribution in [1.29, 1.82) is 0 Å². The van der Waals surface area contributed by atoms with E-state index >= 15 is 0 Å². The maximum absolute atomic E-state index is 12.6. The van der Waals surface area contributed by atoms with Crippen LogP contribution in [-0.4, -0.2) is 20.7 Å². The number of carbonyl (C=O) groups excluding carboxylic acids is 1. The van der Waals surface area contributed by atoms with Crippen LogP contribution in [0.25, 0.3) is 0 Å². The van der Waals surface area contributed by atoms with Crippen LogP contribution in [0.2, 0.25) is 0 Å². The molecule has 2 aromatic heterocycles. The lowest BCUT2D eigenvalue weighted by atomic mass is 10.1. The van der Waals surface area contributed by atoms with Gasteiger partial charge in [-0.3, -0.25) is 10.1 Å². The molecule has 2 heterocycles. The van der Waals surface area contributed by atoms with Gasteiger partial charge in [-0.15, -0.1) is 16.4 Å². The molecule has 0 fully saturated rings. The van der Waals surface area contributed by atoms with E-state index in [1.165, 1.54) is 16.9 Å². The Morgan fingerprint density at radius 2 is 1.81 bits per heavy atom. The number of aryl methyl sites for hydroxylation is 3. The lowest BCUT2D eigenvalue weighted by molar-refractivity contribution is 0.102. The van der Waals surface area contributed by atoms with Crippen molar-refractivity contribution in [3.63, 3.8) is 0 Å². The zero-order valence-corrected chi connectivity index (χ0v) is 18.6. The van der Waals surface area contributed by atoms with E-state index in [0.717, 1.165) is 28.0 Å². The van der Waals surface area contributed by atoms with Crippen LogP contribution in [0.4, 0.5) is 5.95 Å². The first kappa shape index (κ1) is 20.8. The first-order valence-corrected chi connectivity index (χ1v) is 10.9. The predicted molar refractivity (Wildman–Crippen MR) is 123 cm³/mol. The molecule has 0 aliphatic rings. The lowest BCUT2D eigenvalue weighted by Gasteiger charge is -2.08. The van der Waals surface area contributed by atoms with Crippen molar-refractivity contribution >= 4 is 23.2 Å². The maximum Gasteiger partial charge on any atom is 0.268 e. The van der Waals surface area contributed by atoms with Gasteiger partial charge in [-0.1, -0.05) is 42.0 Å². The van der Waals surface area contributed by atoms with Crippen LogP contribution < -0.4 is 10.1 Å². The van der Waals surface area contributed by atoms with Gasteiger partial charge < -0.3 is 4.74 Å². The van der Waals surface area contributed by atoms with Gasteiger partial charge in [0.15, 0.2) is 0 Å². The third kappa shape index (κ3) is 5.38. The van der Waals surface area contributed by atoms with Crippen LogP contribution in [0, 0.1) is 20.8 Å². The number of amides is 1. The van der Waals surface area contributed by atoms with Crippen LogP contribution in [-0.2, 0) is 13.2 Å².